The van der Waals surface area contributed by atoms with Crippen molar-refractivity contribution in [1.82, 2.24) is 20.0 Å². The number of likely N-dealkylation sites (tertiary alicyclic amines) is 1. The Balaban J connectivity index is 1.47. The summed E-state index contributed by atoms with van der Waals surface area (Å²) in [5, 5.41) is 3.48. The van der Waals surface area contributed by atoms with E-state index in [0.29, 0.717) is 17.9 Å². The molecule has 6 heteroatoms. The number of hydrogen-bond acceptors (Lipinski definition) is 3. The normalized spacial score (nSPS) is 24.3. The Morgan fingerprint density at radius 2 is 1.59 bits per heavy atom. The van der Waals surface area contributed by atoms with Crippen molar-refractivity contribution >= 4 is 11.9 Å². The second-order valence-corrected chi connectivity index (χ2v) is 8.89. The van der Waals surface area contributed by atoms with Gasteiger partial charge < -0.3 is 15.1 Å². The molecule has 3 rings (SSSR count). The third-order valence-electron chi connectivity index (χ3n) is 6.50. The van der Waals surface area contributed by atoms with Gasteiger partial charge in [-0.1, -0.05) is 19.8 Å². The lowest BCUT2D eigenvalue weighted by molar-refractivity contribution is -0.133. The highest BCUT2D eigenvalue weighted by atomic mass is 16.2. The van der Waals surface area contributed by atoms with E-state index < -0.39 is 0 Å². The molecule has 27 heavy (non-hydrogen) atoms. The summed E-state index contributed by atoms with van der Waals surface area (Å²) >= 11 is 0. The number of nitrogens with one attached hydrogen (secondary N) is 1. The molecule has 0 aromatic carbocycles. The molecule has 1 saturated carbocycles. The van der Waals surface area contributed by atoms with Crippen LogP contribution in [-0.4, -0.2) is 85.5 Å². The van der Waals surface area contributed by atoms with Gasteiger partial charge in [-0.05, 0) is 44.4 Å². The van der Waals surface area contributed by atoms with Crippen molar-refractivity contribution in [2.75, 3.05) is 58.9 Å². The Kier molecular flexibility index (Phi) is 7.39. The Labute approximate surface area is 165 Å². The predicted octanol–water partition coefficient (Wildman–Crippen LogP) is 2.16. The summed E-state index contributed by atoms with van der Waals surface area (Å²) in [6.45, 7) is 12.7. The molecule has 2 aliphatic heterocycles. The molecule has 3 aliphatic rings. The molecule has 154 valence electrons. The lowest BCUT2D eigenvalue weighted by atomic mass is 9.89. The van der Waals surface area contributed by atoms with Crippen LogP contribution in [0.1, 0.15) is 58.8 Å². The van der Waals surface area contributed by atoms with Crippen molar-refractivity contribution in [1.29, 1.82) is 0 Å². The SMILES string of the molecule is CCNC(=NCC1(C)CCCC1)N1CCN(CC(=O)N2CCCCC2)CC1. The Morgan fingerprint density at radius 3 is 2.22 bits per heavy atom. The molecule has 2 saturated heterocycles. The molecule has 0 aromatic rings. The number of carbonyl (C=O) groups excluding carboxylic acids is 1. The fourth-order valence-corrected chi connectivity index (χ4v) is 4.63. The molecule has 3 fully saturated rings. The zero-order valence-electron chi connectivity index (χ0n) is 17.5. The van der Waals surface area contributed by atoms with Crippen molar-refractivity contribution < 1.29 is 4.79 Å². The minimum Gasteiger partial charge on any atom is -0.357 e. The summed E-state index contributed by atoms with van der Waals surface area (Å²) in [7, 11) is 0. The molecular formula is C21H39N5O. The van der Waals surface area contributed by atoms with Gasteiger partial charge in [0.25, 0.3) is 0 Å². The van der Waals surface area contributed by atoms with Gasteiger partial charge >= 0.3 is 0 Å². The zero-order valence-corrected chi connectivity index (χ0v) is 17.5. The average Bonchev–Trinajstić information content (AvgIpc) is 3.13. The van der Waals surface area contributed by atoms with Crippen LogP contribution in [0.2, 0.25) is 0 Å². The zero-order chi connectivity index (χ0) is 19.1. The van der Waals surface area contributed by atoms with Crippen LogP contribution >= 0.6 is 0 Å². The molecule has 2 heterocycles. The molecule has 0 aromatic heterocycles. The van der Waals surface area contributed by atoms with E-state index in [4.69, 9.17) is 4.99 Å². The summed E-state index contributed by atoms with van der Waals surface area (Å²) in [5.74, 6) is 1.38. The number of rotatable bonds is 5. The van der Waals surface area contributed by atoms with Gasteiger partial charge in [-0.15, -0.1) is 0 Å². The largest absolute Gasteiger partial charge is 0.357 e. The van der Waals surface area contributed by atoms with Crippen LogP contribution in [0.4, 0.5) is 0 Å². The first-order chi connectivity index (χ1) is 13.1. The molecule has 6 nitrogen and oxygen atoms in total. The van der Waals surface area contributed by atoms with Gasteiger partial charge in [0.05, 0.1) is 6.54 Å². The maximum absolute atomic E-state index is 12.5. The first-order valence-corrected chi connectivity index (χ1v) is 11.1. The van der Waals surface area contributed by atoms with Crippen LogP contribution in [0.15, 0.2) is 4.99 Å². The monoisotopic (exact) mass is 377 g/mol. The van der Waals surface area contributed by atoms with E-state index in [1.807, 2.05) is 0 Å². The van der Waals surface area contributed by atoms with Crippen LogP contribution in [0.5, 0.6) is 0 Å². The molecule has 1 amide bonds. The number of hydrogen-bond donors (Lipinski definition) is 1. The maximum atomic E-state index is 12.5. The van der Waals surface area contributed by atoms with Gasteiger partial charge in [0, 0.05) is 52.4 Å². The highest BCUT2D eigenvalue weighted by Crippen LogP contribution is 2.37. The number of piperidine rings is 1. The third-order valence-corrected chi connectivity index (χ3v) is 6.50. The molecule has 1 N–H and O–H groups in total. The van der Waals surface area contributed by atoms with E-state index in [0.717, 1.165) is 58.3 Å². The van der Waals surface area contributed by atoms with Gasteiger partial charge in [0.15, 0.2) is 5.96 Å². The van der Waals surface area contributed by atoms with E-state index in [2.05, 4.69) is 33.9 Å². The fourth-order valence-electron chi connectivity index (χ4n) is 4.63. The third kappa shape index (κ3) is 5.84. The molecule has 0 unspecified atom stereocenters. The first kappa shape index (κ1) is 20.4. The number of carbonyl (C=O) groups is 1. The lowest BCUT2D eigenvalue weighted by Crippen LogP contribution is -2.54. The van der Waals surface area contributed by atoms with Crippen molar-refractivity contribution in [3.8, 4) is 0 Å². The van der Waals surface area contributed by atoms with Gasteiger partial charge in [-0.25, -0.2) is 0 Å². The van der Waals surface area contributed by atoms with Crippen molar-refractivity contribution in [3.05, 3.63) is 0 Å². The van der Waals surface area contributed by atoms with Gasteiger partial charge in [0.1, 0.15) is 0 Å². The van der Waals surface area contributed by atoms with E-state index in [1.54, 1.807) is 0 Å². The number of guanidine groups is 1. The maximum Gasteiger partial charge on any atom is 0.236 e. The fraction of sp³-hybridized carbons (Fsp3) is 0.905. The summed E-state index contributed by atoms with van der Waals surface area (Å²) in [4.78, 5) is 24.2. The number of amides is 1. The van der Waals surface area contributed by atoms with Crippen LogP contribution in [0.25, 0.3) is 0 Å². The summed E-state index contributed by atoms with van der Waals surface area (Å²) in [6, 6.07) is 0. The van der Waals surface area contributed by atoms with E-state index in [1.165, 1.54) is 44.9 Å². The molecular weight excluding hydrogens is 338 g/mol. The van der Waals surface area contributed by atoms with Crippen LogP contribution in [0, 0.1) is 5.41 Å². The number of aliphatic imine (C=N–C) groups is 1. The topological polar surface area (TPSA) is 51.2 Å². The second-order valence-electron chi connectivity index (χ2n) is 8.89. The highest BCUT2D eigenvalue weighted by molar-refractivity contribution is 5.80. The first-order valence-electron chi connectivity index (χ1n) is 11.1. The van der Waals surface area contributed by atoms with Gasteiger partial charge in [-0.2, -0.15) is 0 Å². The Hall–Kier alpha value is -1.30. The lowest BCUT2D eigenvalue weighted by Gasteiger charge is -2.37. The Morgan fingerprint density at radius 1 is 0.926 bits per heavy atom. The van der Waals surface area contributed by atoms with E-state index >= 15 is 0 Å². The second kappa shape index (κ2) is 9.76. The van der Waals surface area contributed by atoms with Crippen molar-refractivity contribution in [3.63, 3.8) is 0 Å². The van der Waals surface area contributed by atoms with Crippen LogP contribution in [-0.2, 0) is 4.79 Å². The number of piperazine rings is 1. The van der Waals surface area contributed by atoms with Gasteiger partial charge in [-0.3, -0.25) is 14.7 Å². The summed E-state index contributed by atoms with van der Waals surface area (Å²) < 4.78 is 0. The average molecular weight is 378 g/mol. The standard InChI is InChI=1S/C21H39N5O/c1-3-22-20(23-18-21(2)9-5-6-10-21)26-15-13-24(14-16-26)17-19(27)25-11-7-4-8-12-25/h3-18H2,1-2H3,(H,22,23). The van der Waals surface area contributed by atoms with Gasteiger partial charge in [0.2, 0.25) is 5.91 Å². The van der Waals surface area contributed by atoms with E-state index in [-0.39, 0.29) is 0 Å². The molecule has 0 bridgehead atoms. The Bertz CT molecular complexity index is 501. The quantitative estimate of drug-likeness (QED) is 0.589. The van der Waals surface area contributed by atoms with E-state index in [9.17, 15) is 4.79 Å². The molecule has 1 aliphatic carbocycles. The molecule has 0 spiro atoms. The molecule has 0 atom stereocenters. The molecule has 0 radical (unpaired) electrons. The summed E-state index contributed by atoms with van der Waals surface area (Å²) in [5.41, 5.74) is 0.392. The minimum atomic E-state index is 0.317. The van der Waals surface area contributed by atoms with Crippen molar-refractivity contribution in [2.45, 2.75) is 58.8 Å². The smallest absolute Gasteiger partial charge is 0.236 e. The minimum absolute atomic E-state index is 0.317. The summed E-state index contributed by atoms with van der Waals surface area (Å²) in [6.07, 6.45) is 8.93. The van der Waals surface area contributed by atoms with Crippen molar-refractivity contribution in [2.24, 2.45) is 10.4 Å². The van der Waals surface area contributed by atoms with Crippen LogP contribution < -0.4 is 5.32 Å². The van der Waals surface area contributed by atoms with Crippen LogP contribution in [0.3, 0.4) is 0 Å². The predicted molar refractivity (Wildman–Crippen MR) is 111 cm³/mol. The number of nitrogens with zero attached hydrogens (tertiary/aromatic N) is 4. The highest BCUT2D eigenvalue weighted by Gasteiger charge is 2.29.